The fraction of sp³-hybridized carbons (Fsp3) is 0.0769. The molecule has 0 bridgehead atoms. The van der Waals surface area contributed by atoms with Crippen LogP contribution in [0.5, 0.6) is 0 Å². The molecule has 0 atom stereocenters. The van der Waals surface area contributed by atoms with E-state index in [4.69, 9.17) is 11.7 Å². The van der Waals surface area contributed by atoms with Crippen molar-refractivity contribution in [3.05, 3.63) is 104 Å². The smallest absolute Gasteiger partial charge is 0.302 e. The molecule has 5 rings (SSSR count). The quantitative estimate of drug-likeness (QED) is 0.213. The van der Waals surface area contributed by atoms with Gasteiger partial charge in [0.25, 0.3) is 5.56 Å². The highest BCUT2D eigenvalue weighted by Gasteiger charge is 2.37. The molecule has 3 aromatic rings. The van der Waals surface area contributed by atoms with E-state index in [1.54, 1.807) is 0 Å². The van der Waals surface area contributed by atoms with Gasteiger partial charge in [-0.2, -0.15) is 18.4 Å². The molecule has 35 heavy (non-hydrogen) atoms. The summed E-state index contributed by atoms with van der Waals surface area (Å²) in [6, 6.07) is 14.5. The molecule has 0 amide bonds. The Kier molecular flexibility index (Phi) is 6.29. The van der Waals surface area contributed by atoms with E-state index in [-0.39, 0.29) is 21.7 Å². The van der Waals surface area contributed by atoms with Gasteiger partial charge in [0.1, 0.15) is 23.3 Å². The molecule has 3 nitrogen and oxygen atoms in total. The van der Waals surface area contributed by atoms with Crippen LogP contribution in [0.25, 0.3) is 21.7 Å². The first-order valence-corrected chi connectivity index (χ1v) is 10.9. The molecule has 9 heteroatoms. The third kappa shape index (κ3) is 4.86. The number of pyridine rings is 1. The Morgan fingerprint density at radius 1 is 1.03 bits per heavy atom. The number of thiophene rings is 1. The van der Waals surface area contributed by atoms with Gasteiger partial charge in [-0.1, -0.05) is 30.2 Å². The summed E-state index contributed by atoms with van der Waals surface area (Å²) in [5.41, 5.74) is -1.05. The van der Waals surface area contributed by atoms with Crippen molar-refractivity contribution in [2.24, 2.45) is 0 Å². The van der Waals surface area contributed by atoms with Gasteiger partial charge in [-0.15, -0.1) is 17.8 Å². The maximum atomic E-state index is 14.1. The number of rotatable bonds is 3. The molecule has 2 aromatic heterocycles. The van der Waals surface area contributed by atoms with Gasteiger partial charge in [-0.3, -0.25) is 4.79 Å². The van der Waals surface area contributed by atoms with Crippen LogP contribution in [0, 0.1) is 35.3 Å². The van der Waals surface area contributed by atoms with Crippen molar-refractivity contribution in [1.29, 1.82) is 5.26 Å². The highest BCUT2D eigenvalue weighted by molar-refractivity contribution is 7.13. The number of hydrogen-bond acceptors (Lipinski definition) is 3. The molecule has 174 valence electrons. The molecular weight excluding hydrogens is 483 g/mol. The predicted molar refractivity (Wildman–Crippen MR) is 123 cm³/mol. The molecule has 0 radical (unpaired) electrons. The molecule has 0 aliphatic heterocycles. The van der Waals surface area contributed by atoms with E-state index in [0.717, 1.165) is 28.0 Å². The third-order valence-corrected chi connectivity index (χ3v) is 6.16. The van der Waals surface area contributed by atoms with Gasteiger partial charge in [-0.25, -0.2) is 8.78 Å². The van der Waals surface area contributed by atoms with Crippen LogP contribution in [-0.2, 0) is 12.7 Å². The van der Waals surface area contributed by atoms with Gasteiger partial charge in [0.2, 0.25) is 0 Å². The van der Waals surface area contributed by atoms with Gasteiger partial charge < -0.3 is 4.57 Å². The van der Waals surface area contributed by atoms with E-state index < -0.39 is 41.0 Å². The number of alkyl halides is 3. The minimum absolute atomic E-state index is 0.141. The Morgan fingerprint density at radius 3 is 2.26 bits per heavy atom. The second-order valence-electron chi connectivity index (χ2n) is 7.44. The van der Waals surface area contributed by atoms with Gasteiger partial charge in [0.05, 0.1) is 22.7 Å². The van der Waals surface area contributed by atoms with Crippen LogP contribution in [0.4, 0.5) is 22.0 Å². The number of benzene rings is 2. The lowest BCUT2D eigenvalue weighted by Crippen LogP contribution is -2.29. The zero-order chi connectivity index (χ0) is 25.3. The van der Waals surface area contributed by atoms with Crippen LogP contribution in [-0.4, -0.2) is 4.57 Å². The van der Waals surface area contributed by atoms with Crippen LogP contribution < -0.4 is 5.56 Å². The van der Waals surface area contributed by atoms with Gasteiger partial charge in [0.15, 0.2) is 0 Å². The zero-order valence-corrected chi connectivity index (χ0v) is 18.5. The van der Waals surface area contributed by atoms with Crippen molar-refractivity contribution in [1.82, 2.24) is 4.57 Å². The Bertz CT molecular complexity index is 1570. The summed E-state index contributed by atoms with van der Waals surface area (Å²) in [4.78, 5) is 12.9. The third-order valence-electron chi connectivity index (χ3n) is 5.23. The van der Waals surface area contributed by atoms with Gasteiger partial charge >= 0.3 is 6.18 Å². The zero-order valence-electron chi connectivity index (χ0n) is 17.7. The number of terminal acetylenes is 1. The standard InChI is InChI=1S/C20H9F5N2OS.C6H4/c1-2-11-5-6-29-18(11)17-8-15(20(23,24)25)14(9-26)19(28)27(17)10-12-3-4-13(21)7-16(12)22;1-2-5-4-6(5)3-1/h1,3-8H,10H2;1-4H. The number of aromatic nitrogens is 1. The van der Waals surface area contributed by atoms with Crippen molar-refractivity contribution in [2.45, 2.75) is 12.7 Å². The number of nitrogens with zero attached hydrogens (tertiary/aromatic N) is 2. The van der Waals surface area contributed by atoms with Crippen molar-refractivity contribution in [3.63, 3.8) is 0 Å². The maximum Gasteiger partial charge on any atom is 0.417 e. The van der Waals surface area contributed by atoms with E-state index in [1.165, 1.54) is 28.6 Å². The Hall–Kier alpha value is -4.21. The van der Waals surface area contributed by atoms with Gasteiger partial charge in [-0.05, 0) is 40.8 Å². The molecule has 0 fully saturated rings. The fourth-order valence-corrected chi connectivity index (χ4v) is 4.32. The van der Waals surface area contributed by atoms with Crippen molar-refractivity contribution < 1.29 is 22.0 Å². The minimum atomic E-state index is -4.97. The fourth-order valence-electron chi connectivity index (χ4n) is 3.44. The Morgan fingerprint density at radius 2 is 1.74 bits per heavy atom. The average molecular weight is 496 g/mol. The summed E-state index contributed by atoms with van der Waals surface area (Å²) in [5, 5.41) is 10.7. The second-order valence-corrected chi connectivity index (χ2v) is 8.36. The first-order valence-electron chi connectivity index (χ1n) is 9.98. The van der Waals surface area contributed by atoms with Crippen LogP contribution >= 0.6 is 11.3 Å². The van der Waals surface area contributed by atoms with E-state index in [0.29, 0.717) is 12.1 Å². The first kappa shape index (κ1) is 23.9. The summed E-state index contributed by atoms with van der Waals surface area (Å²) in [6.07, 6.45) is 0.421. The number of fused-ring (bicyclic) bond motifs is 1. The monoisotopic (exact) mass is 496 g/mol. The first-order chi connectivity index (χ1) is 16.6. The largest absolute Gasteiger partial charge is 0.417 e. The van der Waals surface area contributed by atoms with Gasteiger partial charge in [0, 0.05) is 17.2 Å². The number of nitriles is 1. The molecule has 2 heterocycles. The molecular formula is C26H13F5N2OS. The highest BCUT2D eigenvalue weighted by Crippen LogP contribution is 2.36. The molecule has 0 spiro atoms. The molecule has 0 N–H and O–H groups in total. The van der Waals surface area contributed by atoms with E-state index in [9.17, 15) is 26.7 Å². The lowest BCUT2D eigenvalue weighted by atomic mass is 10.1. The molecule has 0 saturated heterocycles. The summed E-state index contributed by atoms with van der Waals surface area (Å²) in [6.45, 7) is -0.519. The maximum absolute atomic E-state index is 14.1. The van der Waals surface area contributed by atoms with Crippen molar-refractivity contribution in [3.8, 4) is 40.1 Å². The minimum Gasteiger partial charge on any atom is -0.302 e. The van der Waals surface area contributed by atoms with Crippen molar-refractivity contribution >= 4 is 11.3 Å². The summed E-state index contributed by atoms with van der Waals surface area (Å²) >= 11 is 0.994. The lowest BCUT2D eigenvalue weighted by Gasteiger charge is -2.17. The van der Waals surface area contributed by atoms with E-state index in [1.807, 2.05) is 0 Å². The average Bonchev–Trinajstić information content (AvgIpc) is 3.19. The van der Waals surface area contributed by atoms with E-state index >= 15 is 0 Å². The lowest BCUT2D eigenvalue weighted by molar-refractivity contribution is -0.137. The van der Waals surface area contributed by atoms with Crippen LogP contribution in [0.1, 0.15) is 22.3 Å². The Labute approximate surface area is 200 Å². The summed E-state index contributed by atoms with van der Waals surface area (Å²) in [5.74, 6) is 0.483. The summed E-state index contributed by atoms with van der Waals surface area (Å²) in [7, 11) is 0. The molecule has 0 saturated carbocycles. The summed E-state index contributed by atoms with van der Waals surface area (Å²) < 4.78 is 68.5. The predicted octanol–water partition coefficient (Wildman–Crippen LogP) is 6.44. The molecule has 0 unspecified atom stereocenters. The van der Waals surface area contributed by atoms with Crippen LogP contribution in [0.2, 0.25) is 0 Å². The highest BCUT2D eigenvalue weighted by atomic mass is 32.1. The van der Waals surface area contributed by atoms with Crippen LogP contribution in [0.15, 0.2) is 64.8 Å². The van der Waals surface area contributed by atoms with E-state index in [2.05, 4.69) is 30.2 Å². The Balaban J connectivity index is 0.000000411. The number of halogens is 5. The molecule has 2 aliphatic carbocycles. The molecule has 2 aliphatic rings. The number of hydrogen-bond donors (Lipinski definition) is 0. The molecule has 1 aromatic carbocycles. The SMILES string of the molecule is C#Cc1ccsc1-c1cc(C(F)(F)F)c(C#N)c(=O)n1Cc1ccc(F)cc1F.c1cc2cc-2c1. The normalized spacial score (nSPS) is 11.2. The second kappa shape index (κ2) is 9.21. The van der Waals surface area contributed by atoms with Crippen molar-refractivity contribution in [2.75, 3.05) is 0 Å². The topological polar surface area (TPSA) is 45.8 Å². The van der Waals surface area contributed by atoms with Crippen LogP contribution in [0.3, 0.4) is 0 Å².